The number of rotatable bonds is 4. The quantitative estimate of drug-likeness (QED) is 0.307. The van der Waals surface area contributed by atoms with Gasteiger partial charge in [0.1, 0.15) is 5.60 Å². The van der Waals surface area contributed by atoms with Gasteiger partial charge >= 0.3 is 5.97 Å². The van der Waals surface area contributed by atoms with Crippen LogP contribution in [0.25, 0.3) is 0 Å². The van der Waals surface area contributed by atoms with Crippen LogP contribution in [0.5, 0.6) is 5.75 Å². The first-order chi connectivity index (χ1) is 14.0. The Morgan fingerprint density at radius 1 is 1.20 bits per heavy atom. The lowest BCUT2D eigenvalue weighted by atomic mass is 10.0. The molecule has 1 atom stereocenters. The first kappa shape index (κ1) is 27.9. The Morgan fingerprint density at radius 2 is 1.77 bits per heavy atom. The Bertz CT molecular complexity index is 808. The topological polar surface area (TPSA) is 47.9 Å². The smallest absolute Gasteiger partial charge is 0.303 e. The summed E-state index contributed by atoms with van der Waals surface area (Å²) in [5.74, 6) is -0.188. The summed E-state index contributed by atoms with van der Waals surface area (Å²) in [4.78, 5) is 18.6. The third-order valence-electron chi connectivity index (χ3n) is 3.44. The normalized spacial score (nSPS) is 11.5. The average molecular weight is 456 g/mol. The van der Waals surface area contributed by atoms with Gasteiger partial charge in [0.25, 0.3) is 0 Å². The standard InChI is InChI=1S/C16H15ClFNO.C6H12O2.CH4S/c1-11-8-14(16(20-18)15(17)9-11)12(2)19-10-13-6-4-3-5-7-13;1-5(7)8-6(2,3)4;1-2/h3-10,12H,1-2H3;1-4H3;2H,1H3. The predicted octanol–water partition coefficient (Wildman–Crippen LogP) is 6.99. The SMILES string of the molecule is CC(=O)OC(C)(C)C.CS.Cc1cc(Cl)c(OF)c(C(C)N=Cc2ccccc2)c1. The number of carbonyl (C=O) groups excluding carboxylic acids is 1. The minimum Gasteiger partial charge on any atom is -0.460 e. The van der Waals surface area contributed by atoms with Crippen LogP contribution >= 0.6 is 24.2 Å². The first-order valence-corrected chi connectivity index (χ1v) is 10.6. The Balaban J connectivity index is 0.000000712. The van der Waals surface area contributed by atoms with Gasteiger partial charge in [-0.25, -0.2) is 0 Å². The molecule has 0 aromatic heterocycles. The predicted molar refractivity (Wildman–Crippen MR) is 127 cm³/mol. The monoisotopic (exact) mass is 455 g/mol. The van der Waals surface area contributed by atoms with Gasteiger partial charge < -0.3 is 4.74 Å². The number of esters is 1. The molecule has 0 bridgehead atoms. The third kappa shape index (κ3) is 11.2. The highest BCUT2D eigenvalue weighted by Gasteiger charge is 2.16. The van der Waals surface area contributed by atoms with Gasteiger partial charge in [-0.3, -0.25) is 14.7 Å². The zero-order chi connectivity index (χ0) is 23.3. The van der Waals surface area contributed by atoms with Gasteiger partial charge in [-0.05, 0) is 64.1 Å². The number of nitrogens with zero attached hydrogens (tertiary/aromatic N) is 1. The number of benzene rings is 2. The fourth-order valence-corrected chi connectivity index (χ4v) is 2.71. The van der Waals surface area contributed by atoms with Crippen molar-refractivity contribution in [3.8, 4) is 5.75 Å². The van der Waals surface area contributed by atoms with Crippen LogP contribution in [0.15, 0.2) is 47.5 Å². The van der Waals surface area contributed by atoms with Gasteiger partial charge in [0.05, 0.1) is 11.1 Å². The molecule has 0 heterocycles. The Kier molecular flexibility index (Phi) is 13.1. The van der Waals surface area contributed by atoms with Crippen LogP contribution in [0.3, 0.4) is 0 Å². The Hall–Kier alpha value is -2.05. The fourth-order valence-electron chi connectivity index (χ4n) is 2.40. The van der Waals surface area contributed by atoms with Crippen LogP contribution in [0.1, 0.15) is 57.4 Å². The van der Waals surface area contributed by atoms with Crippen LogP contribution in [0.2, 0.25) is 5.02 Å². The van der Waals surface area contributed by atoms with E-state index in [0.717, 1.165) is 11.1 Å². The van der Waals surface area contributed by atoms with Crippen molar-refractivity contribution in [3.63, 3.8) is 0 Å². The van der Waals surface area contributed by atoms with Crippen molar-refractivity contribution in [1.29, 1.82) is 0 Å². The molecular weight excluding hydrogens is 425 g/mol. The number of ether oxygens (including phenoxy) is 1. The van der Waals surface area contributed by atoms with Gasteiger partial charge in [0.2, 0.25) is 0 Å². The molecule has 0 aliphatic carbocycles. The molecule has 4 nitrogen and oxygen atoms in total. The molecule has 1 unspecified atom stereocenters. The van der Waals surface area contributed by atoms with E-state index in [0.29, 0.717) is 5.56 Å². The number of hydrogen-bond donors (Lipinski definition) is 1. The maximum absolute atomic E-state index is 12.7. The van der Waals surface area contributed by atoms with E-state index >= 15 is 0 Å². The molecule has 7 heteroatoms. The fraction of sp³-hybridized carbons (Fsp3) is 0.391. The maximum atomic E-state index is 12.7. The van der Waals surface area contributed by atoms with Gasteiger partial charge in [-0.1, -0.05) is 41.9 Å². The zero-order valence-corrected chi connectivity index (χ0v) is 20.2. The summed E-state index contributed by atoms with van der Waals surface area (Å²) in [6.45, 7) is 10.7. The molecule has 0 amide bonds. The minimum atomic E-state index is -0.328. The highest BCUT2D eigenvalue weighted by Crippen LogP contribution is 2.35. The Labute approximate surface area is 189 Å². The highest BCUT2D eigenvalue weighted by atomic mass is 35.5. The molecule has 0 saturated heterocycles. The second-order valence-corrected chi connectivity index (χ2v) is 7.72. The Morgan fingerprint density at radius 3 is 2.20 bits per heavy atom. The number of aryl methyl sites for hydroxylation is 1. The van der Waals surface area contributed by atoms with Gasteiger partial charge in [-0.15, -0.1) is 0 Å². The summed E-state index contributed by atoms with van der Waals surface area (Å²) in [5.41, 5.74) is 2.23. The van der Waals surface area contributed by atoms with Crippen molar-refractivity contribution in [2.45, 2.75) is 53.2 Å². The maximum Gasteiger partial charge on any atom is 0.303 e. The van der Waals surface area contributed by atoms with Crippen molar-refractivity contribution >= 4 is 36.4 Å². The minimum absolute atomic E-state index is 0.0370. The summed E-state index contributed by atoms with van der Waals surface area (Å²) in [6, 6.07) is 12.9. The van der Waals surface area contributed by atoms with E-state index < -0.39 is 0 Å². The van der Waals surface area contributed by atoms with E-state index in [1.165, 1.54) is 6.92 Å². The second kappa shape index (κ2) is 14.0. The molecule has 2 aromatic carbocycles. The van der Waals surface area contributed by atoms with Crippen LogP contribution in [0.4, 0.5) is 4.53 Å². The third-order valence-corrected chi connectivity index (χ3v) is 3.72. The molecule has 0 radical (unpaired) electrons. The average Bonchev–Trinajstić information content (AvgIpc) is 2.66. The number of carbonyl (C=O) groups is 1. The molecule has 0 aliphatic rings. The van der Waals surface area contributed by atoms with E-state index in [9.17, 15) is 9.32 Å². The molecule has 30 heavy (non-hydrogen) atoms. The van der Waals surface area contributed by atoms with Crippen LogP contribution in [0, 0.1) is 6.92 Å². The van der Waals surface area contributed by atoms with Crippen molar-refractivity contribution in [1.82, 2.24) is 0 Å². The molecule has 0 saturated carbocycles. The van der Waals surface area contributed by atoms with E-state index in [1.54, 1.807) is 18.5 Å². The first-order valence-electron chi connectivity index (χ1n) is 9.34. The molecule has 166 valence electrons. The van der Waals surface area contributed by atoms with Crippen molar-refractivity contribution < 1.29 is 19.0 Å². The molecule has 0 aliphatic heterocycles. The number of thiol groups is 1. The van der Waals surface area contributed by atoms with Crippen molar-refractivity contribution in [2.24, 2.45) is 4.99 Å². The van der Waals surface area contributed by atoms with Gasteiger partial charge in [-0.2, -0.15) is 12.6 Å². The van der Waals surface area contributed by atoms with Gasteiger partial charge in [0.15, 0.2) is 5.75 Å². The molecule has 2 rings (SSSR count). The number of hydrogen-bond acceptors (Lipinski definition) is 5. The number of aliphatic imine (C=N–C) groups is 1. The van der Waals surface area contributed by atoms with Crippen LogP contribution in [-0.2, 0) is 9.53 Å². The summed E-state index contributed by atoms with van der Waals surface area (Å²) in [5, 5.41) is 0.254. The van der Waals surface area contributed by atoms with Gasteiger partial charge in [0, 0.05) is 23.2 Å². The molecule has 0 spiro atoms. The lowest BCUT2D eigenvalue weighted by Crippen LogP contribution is -2.21. The molecule has 2 aromatic rings. The van der Waals surface area contributed by atoms with Crippen molar-refractivity contribution in [3.05, 3.63) is 64.2 Å². The van der Waals surface area contributed by atoms with E-state index in [1.807, 2.05) is 71.0 Å². The van der Waals surface area contributed by atoms with Crippen molar-refractivity contribution in [2.75, 3.05) is 6.26 Å². The second-order valence-electron chi connectivity index (χ2n) is 7.31. The lowest BCUT2D eigenvalue weighted by molar-refractivity contribution is -0.151. The summed E-state index contributed by atoms with van der Waals surface area (Å²) in [6.07, 6.45) is 3.45. The highest BCUT2D eigenvalue weighted by molar-refractivity contribution is 7.79. The number of halogens is 2. The van der Waals surface area contributed by atoms with E-state index in [4.69, 9.17) is 16.3 Å². The molecular formula is C23H31ClFNO3S. The molecule has 0 fully saturated rings. The zero-order valence-electron chi connectivity index (χ0n) is 18.6. The van der Waals surface area contributed by atoms with Crippen LogP contribution < -0.4 is 4.94 Å². The summed E-state index contributed by atoms with van der Waals surface area (Å²) in [7, 11) is 0. The molecule has 0 N–H and O–H groups in total. The largest absolute Gasteiger partial charge is 0.460 e. The van der Waals surface area contributed by atoms with Crippen LogP contribution in [-0.4, -0.2) is 24.0 Å². The summed E-state index contributed by atoms with van der Waals surface area (Å²) >= 11 is 9.51. The van der Waals surface area contributed by atoms with E-state index in [-0.39, 0.29) is 28.4 Å². The van der Waals surface area contributed by atoms with E-state index in [2.05, 4.69) is 22.6 Å². The summed E-state index contributed by atoms with van der Waals surface area (Å²) < 4.78 is 17.5. The lowest BCUT2D eigenvalue weighted by Gasteiger charge is -2.17.